The van der Waals surface area contributed by atoms with E-state index in [-0.39, 0.29) is 11.3 Å². The normalized spacial score (nSPS) is 11.9. The highest BCUT2D eigenvalue weighted by Crippen LogP contribution is 2.32. The van der Waals surface area contributed by atoms with Gasteiger partial charge in [-0.05, 0) is 42.2 Å². The largest absolute Gasteiger partial charge is 0.351 e. The molecule has 0 aliphatic rings. The minimum Gasteiger partial charge on any atom is -0.351 e. The van der Waals surface area contributed by atoms with Crippen molar-refractivity contribution in [3.8, 4) is 0 Å². The molecule has 0 radical (unpaired) electrons. The summed E-state index contributed by atoms with van der Waals surface area (Å²) >= 11 is 0. The Balaban J connectivity index is 2.64. The molecule has 0 aromatic heterocycles. The number of carbonyl (C=O) groups is 1. The van der Waals surface area contributed by atoms with Crippen molar-refractivity contribution in [2.75, 3.05) is 6.54 Å². The first kappa shape index (κ1) is 16.7. The van der Waals surface area contributed by atoms with E-state index in [0.29, 0.717) is 11.8 Å². The van der Waals surface area contributed by atoms with Gasteiger partial charge in [0.1, 0.15) is 0 Å². The predicted molar refractivity (Wildman–Crippen MR) is 85.8 cm³/mol. The third-order valence-electron chi connectivity index (χ3n) is 3.51. The maximum absolute atomic E-state index is 12.2. The van der Waals surface area contributed by atoms with Gasteiger partial charge in [0.05, 0.1) is 0 Å². The van der Waals surface area contributed by atoms with Gasteiger partial charge < -0.3 is 5.32 Å². The Morgan fingerprint density at radius 2 is 1.55 bits per heavy atom. The Morgan fingerprint density at radius 3 is 2.00 bits per heavy atom. The molecule has 0 aliphatic heterocycles. The second-order valence-corrected chi connectivity index (χ2v) is 7.06. The third kappa shape index (κ3) is 5.77. The maximum atomic E-state index is 12.2. The zero-order valence-corrected chi connectivity index (χ0v) is 13.6. The van der Waals surface area contributed by atoms with Gasteiger partial charge in [-0.2, -0.15) is 0 Å². The highest BCUT2D eigenvalue weighted by Gasteiger charge is 2.27. The lowest BCUT2D eigenvalue weighted by Crippen LogP contribution is -2.37. The highest BCUT2D eigenvalue weighted by atomic mass is 16.1. The van der Waals surface area contributed by atoms with E-state index in [1.54, 1.807) is 0 Å². The molecule has 0 aliphatic carbocycles. The SMILES string of the molecule is CC(C)CC(C)(CNC(=O)c1ccccc1)CC(C)C. The van der Waals surface area contributed by atoms with E-state index in [2.05, 4.69) is 39.9 Å². The fourth-order valence-electron chi connectivity index (χ4n) is 3.18. The van der Waals surface area contributed by atoms with Gasteiger partial charge in [0, 0.05) is 12.1 Å². The van der Waals surface area contributed by atoms with Crippen LogP contribution >= 0.6 is 0 Å². The summed E-state index contributed by atoms with van der Waals surface area (Å²) < 4.78 is 0. The van der Waals surface area contributed by atoms with Crippen molar-refractivity contribution in [3.05, 3.63) is 35.9 Å². The van der Waals surface area contributed by atoms with Crippen LogP contribution in [0.25, 0.3) is 0 Å². The summed E-state index contributed by atoms with van der Waals surface area (Å²) in [5.74, 6) is 1.32. The van der Waals surface area contributed by atoms with Crippen molar-refractivity contribution in [2.45, 2.75) is 47.5 Å². The smallest absolute Gasteiger partial charge is 0.251 e. The standard InChI is InChI=1S/C18H29NO/c1-14(2)11-18(5,12-15(3)4)13-19-17(20)16-9-7-6-8-10-16/h6-10,14-15H,11-13H2,1-5H3,(H,19,20). The van der Waals surface area contributed by atoms with Crippen LogP contribution in [0.3, 0.4) is 0 Å². The average Bonchev–Trinajstić information content (AvgIpc) is 2.35. The predicted octanol–water partition coefficient (Wildman–Crippen LogP) is 4.51. The Morgan fingerprint density at radius 1 is 1.05 bits per heavy atom. The van der Waals surface area contributed by atoms with Crippen molar-refractivity contribution in [1.29, 1.82) is 0 Å². The van der Waals surface area contributed by atoms with Crippen molar-refractivity contribution in [1.82, 2.24) is 5.32 Å². The minimum absolute atomic E-state index is 0.0318. The second-order valence-electron chi connectivity index (χ2n) is 7.06. The molecule has 1 aromatic rings. The lowest BCUT2D eigenvalue weighted by atomic mass is 9.76. The molecule has 0 bridgehead atoms. The summed E-state index contributed by atoms with van der Waals surface area (Å²) in [6.45, 7) is 12.0. The van der Waals surface area contributed by atoms with Gasteiger partial charge in [-0.15, -0.1) is 0 Å². The van der Waals surface area contributed by atoms with E-state index in [1.165, 1.54) is 0 Å². The second kappa shape index (κ2) is 7.47. The van der Waals surface area contributed by atoms with Gasteiger partial charge in [0.15, 0.2) is 0 Å². The van der Waals surface area contributed by atoms with E-state index >= 15 is 0 Å². The Hall–Kier alpha value is -1.31. The number of hydrogen-bond donors (Lipinski definition) is 1. The van der Waals surface area contributed by atoms with Crippen molar-refractivity contribution in [2.24, 2.45) is 17.3 Å². The number of hydrogen-bond acceptors (Lipinski definition) is 1. The van der Waals surface area contributed by atoms with Crippen molar-refractivity contribution in [3.63, 3.8) is 0 Å². The molecule has 1 rings (SSSR count). The number of carbonyl (C=O) groups excluding carboxylic acids is 1. The van der Waals surface area contributed by atoms with Gasteiger partial charge in [-0.1, -0.05) is 52.8 Å². The Bertz CT molecular complexity index is 399. The lowest BCUT2D eigenvalue weighted by Gasteiger charge is -2.33. The van der Waals surface area contributed by atoms with Crippen LogP contribution in [0.15, 0.2) is 30.3 Å². The summed E-state index contributed by atoms with van der Waals surface area (Å²) in [6.07, 6.45) is 2.28. The van der Waals surface area contributed by atoms with Gasteiger partial charge in [0.25, 0.3) is 5.91 Å². The van der Waals surface area contributed by atoms with Gasteiger partial charge in [-0.25, -0.2) is 0 Å². The Kier molecular flexibility index (Phi) is 6.25. The maximum Gasteiger partial charge on any atom is 0.251 e. The van der Waals surface area contributed by atoms with E-state index in [4.69, 9.17) is 0 Å². The summed E-state index contributed by atoms with van der Waals surface area (Å²) in [6, 6.07) is 9.44. The monoisotopic (exact) mass is 275 g/mol. The van der Waals surface area contributed by atoms with Crippen LogP contribution in [0.2, 0.25) is 0 Å². The van der Waals surface area contributed by atoms with Crippen LogP contribution in [0.5, 0.6) is 0 Å². The fraction of sp³-hybridized carbons (Fsp3) is 0.611. The molecule has 1 N–H and O–H groups in total. The number of amides is 1. The first-order valence-electron chi connectivity index (χ1n) is 7.65. The van der Waals surface area contributed by atoms with Gasteiger partial charge >= 0.3 is 0 Å². The zero-order valence-electron chi connectivity index (χ0n) is 13.6. The zero-order chi connectivity index (χ0) is 15.2. The number of benzene rings is 1. The highest BCUT2D eigenvalue weighted by molar-refractivity contribution is 5.94. The molecule has 2 heteroatoms. The summed E-state index contributed by atoms with van der Waals surface area (Å²) in [7, 11) is 0. The van der Waals surface area contributed by atoms with E-state index < -0.39 is 0 Å². The number of rotatable bonds is 7. The van der Waals surface area contributed by atoms with Crippen LogP contribution in [0.4, 0.5) is 0 Å². The van der Waals surface area contributed by atoms with Crippen LogP contribution in [-0.2, 0) is 0 Å². The van der Waals surface area contributed by atoms with Crippen LogP contribution < -0.4 is 5.32 Å². The summed E-state index contributed by atoms with van der Waals surface area (Å²) in [5.41, 5.74) is 0.913. The quantitative estimate of drug-likeness (QED) is 0.779. The fourth-order valence-corrected chi connectivity index (χ4v) is 3.18. The van der Waals surface area contributed by atoms with Crippen molar-refractivity contribution >= 4 is 5.91 Å². The molecule has 0 spiro atoms. The molecule has 0 saturated carbocycles. The molecule has 0 unspecified atom stereocenters. The molecule has 112 valence electrons. The first-order chi connectivity index (χ1) is 9.32. The molecule has 1 amide bonds. The van der Waals surface area contributed by atoms with E-state index in [0.717, 1.165) is 24.9 Å². The minimum atomic E-state index is 0.0318. The third-order valence-corrected chi connectivity index (χ3v) is 3.51. The summed E-state index contributed by atoms with van der Waals surface area (Å²) in [5, 5.41) is 3.11. The molecular weight excluding hydrogens is 246 g/mol. The van der Waals surface area contributed by atoms with Gasteiger partial charge in [0.2, 0.25) is 0 Å². The molecule has 20 heavy (non-hydrogen) atoms. The first-order valence-corrected chi connectivity index (χ1v) is 7.65. The van der Waals surface area contributed by atoms with Gasteiger partial charge in [-0.3, -0.25) is 4.79 Å². The van der Waals surface area contributed by atoms with E-state index in [1.807, 2.05) is 30.3 Å². The van der Waals surface area contributed by atoms with Crippen LogP contribution in [0, 0.1) is 17.3 Å². The molecule has 2 nitrogen and oxygen atoms in total. The lowest BCUT2D eigenvalue weighted by molar-refractivity contribution is 0.0916. The topological polar surface area (TPSA) is 29.1 Å². The van der Waals surface area contributed by atoms with E-state index in [9.17, 15) is 4.79 Å². The average molecular weight is 275 g/mol. The summed E-state index contributed by atoms with van der Waals surface area (Å²) in [4.78, 5) is 12.2. The molecule has 0 saturated heterocycles. The molecule has 0 atom stereocenters. The van der Waals surface area contributed by atoms with Crippen molar-refractivity contribution < 1.29 is 4.79 Å². The van der Waals surface area contributed by atoms with Crippen LogP contribution in [0.1, 0.15) is 57.8 Å². The molecule has 0 fully saturated rings. The number of nitrogens with one attached hydrogen (secondary N) is 1. The Labute approximate surface area is 124 Å². The molecule has 1 aromatic carbocycles. The molecular formula is C18H29NO. The van der Waals surface area contributed by atoms with Crippen LogP contribution in [-0.4, -0.2) is 12.5 Å². The molecule has 0 heterocycles.